The summed E-state index contributed by atoms with van der Waals surface area (Å²) < 4.78 is 27.5. The van der Waals surface area contributed by atoms with Crippen molar-refractivity contribution in [1.29, 1.82) is 0 Å². The molecule has 18 heavy (non-hydrogen) atoms. The predicted octanol–water partition coefficient (Wildman–Crippen LogP) is -0.227. The van der Waals surface area contributed by atoms with Crippen molar-refractivity contribution in [2.45, 2.75) is 24.6 Å². The molecular formula is C9H13N3O4S2. The number of rotatable bonds is 4. The summed E-state index contributed by atoms with van der Waals surface area (Å²) in [6, 6.07) is -0.271. The minimum Gasteiger partial charge on any atom is -0.416 e. The van der Waals surface area contributed by atoms with Crippen LogP contribution in [0.5, 0.6) is 0 Å². The molecule has 1 aromatic heterocycles. The van der Waals surface area contributed by atoms with E-state index in [1.807, 2.05) is 0 Å². The maximum atomic E-state index is 11.6. The Bertz CT molecular complexity index is 540. The van der Waals surface area contributed by atoms with E-state index >= 15 is 0 Å². The van der Waals surface area contributed by atoms with Gasteiger partial charge in [0.2, 0.25) is 11.8 Å². The minimum atomic E-state index is -2.97. The number of thioether (sulfide) groups is 1. The summed E-state index contributed by atoms with van der Waals surface area (Å²) in [5.74, 6) is 0.535. The van der Waals surface area contributed by atoms with E-state index in [4.69, 9.17) is 4.42 Å². The third kappa shape index (κ3) is 3.70. The molecule has 1 amide bonds. The van der Waals surface area contributed by atoms with E-state index in [0.717, 1.165) is 11.8 Å². The number of nitrogens with zero attached hydrogens (tertiary/aromatic N) is 2. The number of nitrogens with one attached hydrogen (secondary N) is 1. The summed E-state index contributed by atoms with van der Waals surface area (Å²) in [5, 5.41) is 10.4. The van der Waals surface area contributed by atoms with Gasteiger partial charge < -0.3 is 9.73 Å². The van der Waals surface area contributed by atoms with Crippen molar-refractivity contribution in [3.63, 3.8) is 0 Å². The summed E-state index contributed by atoms with van der Waals surface area (Å²) in [4.78, 5) is 11.6. The van der Waals surface area contributed by atoms with Gasteiger partial charge in [0.05, 0.1) is 17.3 Å². The Labute approximate surface area is 109 Å². The fourth-order valence-corrected chi connectivity index (χ4v) is 3.93. The van der Waals surface area contributed by atoms with Crippen LogP contribution < -0.4 is 5.32 Å². The Morgan fingerprint density at radius 3 is 2.89 bits per heavy atom. The second-order valence-electron chi connectivity index (χ2n) is 4.04. The molecule has 0 aromatic carbocycles. The zero-order chi connectivity index (χ0) is 13.2. The second-order valence-corrected chi connectivity index (χ2v) is 7.20. The zero-order valence-corrected chi connectivity index (χ0v) is 11.4. The molecule has 7 nitrogen and oxygen atoms in total. The summed E-state index contributed by atoms with van der Waals surface area (Å²) in [5.41, 5.74) is 0. The molecule has 1 fully saturated rings. The highest BCUT2D eigenvalue weighted by Crippen LogP contribution is 2.16. The first-order chi connectivity index (χ1) is 8.44. The Hall–Kier alpha value is -1.09. The van der Waals surface area contributed by atoms with Crippen LogP contribution in [0, 0.1) is 6.92 Å². The lowest BCUT2D eigenvalue weighted by Crippen LogP contribution is -2.36. The molecule has 1 aliphatic heterocycles. The average molecular weight is 291 g/mol. The summed E-state index contributed by atoms with van der Waals surface area (Å²) >= 11 is 1.13. The van der Waals surface area contributed by atoms with Gasteiger partial charge in [-0.3, -0.25) is 4.79 Å². The SMILES string of the molecule is Cc1nnc(SCC(=O)N[C@@H]2CCS(=O)(=O)C2)o1. The van der Waals surface area contributed by atoms with Gasteiger partial charge in [-0.1, -0.05) is 11.8 Å². The molecule has 2 rings (SSSR count). The van der Waals surface area contributed by atoms with Crippen molar-refractivity contribution >= 4 is 27.5 Å². The molecule has 0 aliphatic carbocycles. The molecule has 0 unspecified atom stereocenters. The monoisotopic (exact) mass is 291 g/mol. The van der Waals surface area contributed by atoms with E-state index < -0.39 is 9.84 Å². The summed E-state index contributed by atoms with van der Waals surface area (Å²) in [6.07, 6.45) is 0.485. The summed E-state index contributed by atoms with van der Waals surface area (Å²) in [6.45, 7) is 1.67. The third-order valence-electron chi connectivity index (χ3n) is 2.43. The molecule has 2 heterocycles. The molecule has 1 aromatic rings. The topological polar surface area (TPSA) is 102 Å². The standard InChI is InChI=1S/C9H13N3O4S2/c1-6-11-12-9(16-6)17-4-8(13)10-7-2-3-18(14,15)5-7/h7H,2-5H2,1H3,(H,10,13)/t7-/m1/s1. The van der Waals surface area contributed by atoms with Crippen molar-refractivity contribution in [3.05, 3.63) is 5.89 Å². The predicted molar refractivity (Wildman–Crippen MR) is 65.0 cm³/mol. The molecular weight excluding hydrogens is 278 g/mol. The van der Waals surface area contributed by atoms with Crippen LogP contribution in [0.15, 0.2) is 9.64 Å². The lowest BCUT2D eigenvalue weighted by Gasteiger charge is -2.09. The molecule has 0 radical (unpaired) electrons. The maximum absolute atomic E-state index is 11.6. The first-order valence-corrected chi connectivity index (χ1v) is 8.18. The number of aryl methyl sites for hydroxylation is 1. The van der Waals surface area contributed by atoms with E-state index in [-0.39, 0.29) is 29.2 Å². The van der Waals surface area contributed by atoms with Gasteiger partial charge in [-0.25, -0.2) is 8.42 Å². The van der Waals surface area contributed by atoms with Crippen molar-refractivity contribution in [1.82, 2.24) is 15.5 Å². The molecule has 9 heteroatoms. The zero-order valence-electron chi connectivity index (χ0n) is 9.75. The fourth-order valence-electron chi connectivity index (χ4n) is 1.64. The summed E-state index contributed by atoms with van der Waals surface area (Å²) in [7, 11) is -2.97. The lowest BCUT2D eigenvalue weighted by molar-refractivity contribution is -0.119. The number of hydrogen-bond acceptors (Lipinski definition) is 7. The molecule has 100 valence electrons. The number of carbonyl (C=O) groups is 1. The van der Waals surface area contributed by atoms with Gasteiger partial charge in [-0.2, -0.15) is 0 Å². The number of carbonyl (C=O) groups excluding carboxylic acids is 1. The van der Waals surface area contributed by atoms with E-state index in [1.54, 1.807) is 6.92 Å². The Morgan fingerprint density at radius 2 is 2.33 bits per heavy atom. The van der Waals surface area contributed by atoms with Crippen LogP contribution in [-0.2, 0) is 14.6 Å². The second kappa shape index (κ2) is 5.27. The van der Waals surface area contributed by atoms with Crippen LogP contribution in [0.3, 0.4) is 0 Å². The van der Waals surface area contributed by atoms with Crippen molar-refractivity contribution in [3.8, 4) is 0 Å². The van der Waals surface area contributed by atoms with E-state index in [0.29, 0.717) is 17.5 Å². The van der Waals surface area contributed by atoms with Crippen molar-refractivity contribution in [2.24, 2.45) is 0 Å². The highest BCUT2D eigenvalue weighted by Gasteiger charge is 2.28. The van der Waals surface area contributed by atoms with Gasteiger partial charge in [-0.15, -0.1) is 10.2 Å². The van der Waals surface area contributed by atoms with Gasteiger partial charge in [0, 0.05) is 13.0 Å². The van der Waals surface area contributed by atoms with Crippen LogP contribution in [0.4, 0.5) is 0 Å². The van der Waals surface area contributed by atoms with Gasteiger partial charge in [0.25, 0.3) is 5.22 Å². The molecule has 1 aliphatic rings. The highest BCUT2D eigenvalue weighted by atomic mass is 32.2. The lowest BCUT2D eigenvalue weighted by atomic mass is 10.3. The highest BCUT2D eigenvalue weighted by molar-refractivity contribution is 7.99. The number of hydrogen-bond donors (Lipinski definition) is 1. The Morgan fingerprint density at radius 1 is 1.56 bits per heavy atom. The van der Waals surface area contributed by atoms with Crippen LogP contribution in [0.1, 0.15) is 12.3 Å². The Balaban J connectivity index is 1.76. The largest absolute Gasteiger partial charge is 0.416 e. The third-order valence-corrected chi connectivity index (χ3v) is 5.02. The van der Waals surface area contributed by atoms with Crippen LogP contribution in [0.2, 0.25) is 0 Å². The first kappa shape index (κ1) is 13.3. The normalized spacial score (nSPS) is 21.9. The van der Waals surface area contributed by atoms with Gasteiger partial charge in [0.1, 0.15) is 0 Å². The van der Waals surface area contributed by atoms with Gasteiger partial charge in [0.15, 0.2) is 9.84 Å². The fraction of sp³-hybridized carbons (Fsp3) is 0.667. The van der Waals surface area contributed by atoms with Crippen LogP contribution >= 0.6 is 11.8 Å². The van der Waals surface area contributed by atoms with Crippen molar-refractivity contribution in [2.75, 3.05) is 17.3 Å². The molecule has 0 saturated carbocycles. The molecule has 1 N–H and O–H groups in total. The van der Waals surface area contributed by atoms with Gasteiger partial charge in [-0.05, 0) is 6.42 Å². The average Bonchev–Trinajstić information content (AvgIpc) is 2.82. The first-order valence-electron chi connectivity index (χ1n) is 5.37. The number of aromatic nitrogens is 2. The van der Waals surface area contributed by atoms with Gasteiger partial charge >= 0.3 is 0 Å². The van der Waals surface area contributed by atoms with Crippen LogP contribution in [0.25, 0.3) is 0 Å². The molecule has 1 atom stereocenters. The quantitative estimate of drug-likeness (QED) is 0.765. The van der Waals surface area contributed by atoms with E-state index in [1.165, 1.54) is 0 Å². The van der Waals surface area contributed by atoms with Crippen molar-refractivity contribution < 1.29 is 17.6 Å². The maximum Gasteiger partial charge on any atom is 0.277 e. The minimum absolute atomic E-state index is 0.0308. The number of sulfone groups is 1. The molecule has 0 spiro atoms. The van der Waals surface area contributed by atoms with Crippen LogP contribution in [-0.4, -0.2) is 47.8 Å². The Kier molecular flexibility index (Phi) is 3.91. The smallest absolute Gasteiger partial charge is 0.277 e. The van der Waals surface area contributed by atoms with E-state index in [9.17, 15) is 13.2 Å². The van der Waals surface area contributed by atoms with E-state index in [2.05, 4.69) is 15.5 Å². The number of amides is 1. The molecule has 0 bridgehead atoms. The molecule has 1 saturated heterocycles.